The molecule has 1 saturated heterocycles. The van der Waals surface area contributed by atoms with Crippen LogP contribution in [0, 0.1) is 0 Å². The summed E-state index contributed by atoms with van der Waals surface area (Å²) < 4.78 is 19.8. The van der Waals surface area contributed by atoms with Gasteiger partial charge in [0.05, 0.1) is 6.61 Å². The van der Waals surface area contributed by atoms with E-state index >= 15 is 0 Å². The number of aliphatic hydroxyl groups is 2. The Balaban J connectivity index is 3.08. The Morgan fingerprint density at radius 1 is 0.905 bits per heavy atom. The van der Waals surface area contributed by atoms with Crippen molar-refractivity contribution in [2.75, 3.05) is 6.61 Å². The molecule has 0 aromatic heterocycles. The molecule has 21 heavy (non-hydrogen) atoms. The van der Waals surface area contributed by atoms with E-state index in [-0.39, 0.29) is 0 Å². The lowest BCUT2D eigenvalue weighted by Gasteiger charge is -2.42. The van der Waals surface area contributed by atoms with E-state index in [9.17, 15) is 24.6 Å². The zero-order valence-corrected chi connectivity index (χ0v) is 11.8. The van der Waals surface area contributed by atoms with E-state index in [1.807, 2.05) is 0 Å². The van der Waals surface area contributed by atoms with Gasteiger partial charge in [0.1, 0.15) is 6.10 Å². The maximum absolute atomic E-state index is 11.2. The van der Waals surface area contributed by atoms with Crippen molar-refractivity contribution in [3.63, 3.8) is 0 Å². The van der Waals surface area contributed by atoms with E-state index in [4.69, 9.17) is 18.9 Å². The van der Waals surface area contributed by atoms with Crippen LogP contribution in [0.4, 0.5) is 0 Å². The largest absolute Gasteiger partial charge is 0.456 e. The summed E-state index contributed by atoms with van der Waals surface area (Å²) in [4.78, 5) is 33.4. The van der Waals surface area contributed by atoms with Crippen molar-refractivity contribution in [3.05, 3.63) is 0 Å². The van der Waals surface area contributed by atoms with Crippen LogP contribution in [0.2, 0.25) is 0 Å². The van der Waals surface area contributed by atoms with Gasteiger partial charge in [0, 0.05) is 20.8 Å². The standard InChI is InChI=1S/C12H18O9/c1-5(14)18-9-8(4-13)21-12(17)11(20-7(3)16)10(9)19-6(2)15/h8-13,17H,4H2,1-3H3/t8?,9-,10+,11?,12-/m1/s1. The molecule has 2 unspecified atom stereocenters. The molecule has 0 amide bonds. The third-order valence-electron chi connectivity index (χ3n) is 2.70. The predicted octanol–water partition coefficient (Wildman–Crippen LogP) is -1.51. The fourth-order valence-corrected chi connectivity index (χ4v) is 2.02. The minimum atomic E-state index is -1.64. The Kier molecular flexibility index (Phi) is 6.06. The highest BCUT2D eigenvalue weighted by Gasteiger charge is 2.51. The van der Waals surface area contributed by atoms with Crippen LogP contribution in [0.3, 0.4) is 0 Å². The third kappa shape index (κ3) is 4.66. The summed E-state index contributed by atoms with van der Waals surface area (Å²) in [5, 5.41) is 19.0. The second-order valence-electron chi connectivity index (χ2n) is 4.47. The molecule has 1 fully saturated rings. The first-order chi connectivity index (χ1) is 9.76. The summed E-state index contributed by atoms with van der Waals surface area (Å²) in [6.07, 6.45) is -6.65. The fraction of sp³-hybridized carbons (Fsp3) is 0.750. The first kappa shape index (κ1) is 17.3. The monoisotopic (exact) mass is 306 g/mol. The zero-order valence-electron chi connectivity index (χ0n) is 11.8. The molecule has 0 radical (unpaired) electrons. The molecule has 120 valence electrons. The molecule has 5 atom stereocenters. The molecular formula is C12H18O9. The average molecular weight is 306 g/mol. The van der Waals surface area contributed by atoms with Gasteiger partial charge in [-0.25, -0.2) is 0 Å². The molecule has 1 aliphatic rings. The van der Waals surface area contributed by atoms with Crippen LogP contribution in [0.25, 0.3) is 0 Å². The van der Waals surface area contributed by atoms with E-state index in [0.29, 0.717) is 0 Å². The summed E-state index contributed by atoms with van der Waals surface area (Å²) in [6.45, 7) is 2.71. The van der Waals surface area contributed by atoms with Crippen LogP contribution < -0.4 is 0 Å². The van der Waals surface area contributed by atoms with E-state index in [1.54, 1.807) is 0 Å². The second kappa shape index (κ2) is 7.34. The Labute approximate surface area is 120 Å². The number of carbonyl (C=O) groups is 3. The SMILES string of the molecule is CC(=O)OC1[C@H](O)OC(CO)[C@@H](OC(C)=O)[C@@H]1OC(C)=O. The van der Waals surface area contributed by atoms with Crippen molar-refractivity contribution < 1.29 is 43.5 Å². The summed E-state index contributed by atoms with van der Waals surface area (Å²) in [5.74, 6) is -2.19. The fourth-order valence-electron chi connectivity index (χ4n) is 2.02. The van der Waals surface area contributed by atoms with Crippen LogP contribution in [-0.4, -0.2) is 65.4 Å². The lowest BCUT2D eigenvalue weighted by molar-refractivity contribution is -0.295. The summed E-state index contributed by atoms with van der Waals surface area (Å²) in [6, 6.07) is 0. The molecule has 1 heterocycles. The molecule has 1 aliphatic heterocycles. The Morgan fingerprint density at radius 2 is 1.33 bits per heavy atom. The van der Waals surface area contributed by atoms with Crippen molar-refractivity contribution in [3.8, 4) is 0 Å². The molecule has 9 heteroatoms. The number of esters is 3. The first-order valence-corrected chi connectivity index (χ1v) is 6.22. The first-order valence-electron chi connectivity index (χ1n) is 6.22. The Morgan fingerprint density at radius 3 is 1.76 bits per heavy atom. The normalized spacial score (nSPS) is 32.1. The highest BCUT2D eigenvalue weighted by Crippen LogP contribution is 2.27. The van der Waals surface area contributed by atoms with Crippen molar-refractivity contribution in [1.82, 2.24) is 0 Å². The van der Waals surface area contributed by atoms with Gasteiger partial charge in [0.25, 0.3) is 0 Å². The molecule has 1 rings (SSSR count). The van der Waals surface area contributed by atoms with Gasteiger partial charge in [0.15, 0.2) is 24.6 Å². The molecule has 0 aromatic rings. The van der Waals surface area contributed by atoms with Gasteiger partial charge in [-0.15, -0.1) is 0 Å². The number of carbonyl (C=O) groups excluding carboxylic acids is 3. The highest BCUT2D eigenvalue weighted by atomic mass is 16.7. The minimum Gasteiger partial charge on any atom is -0.456 e. The number of ether oxygens (including phenoxy) is 4. The molecule has 0 bridgehead atoms. The molecular weight excluding hydrogens is 288 g/mol. The van der Waals surface area contributed by atoms with E-state index in [0.717, 1.165) is 20.8 Å². The molecule has 0 aliphatic carbocycles. The van der Waals surface area contributed by atoms with Gasteiger partial charge in [0.2, 0.25) is 0 Å². The maximum Gasteiger partial charge on any atom is 0.303 e. The van der Waals surface area contributed by atoms with Crippen molar-refractivity contribution >= 4 is 17.9 Å². The van der Waals surface area contributed by atoms with E-state index < -0.39 is 55.2 Å². The highest BCUT2D eigenvalue weighted by molar-refractivity contribution is 5.68. The maximum atomic E-state index is 11.2. The molecule has 0 aromatic carbocycles. The van der Waals surface area contributed by atoms with Gasteiger partial charge in [-0.3, -0.25) is 14.4 Å². The lowest BCUT2D eigenvalue weighted by Crippen LogP contribution is -2.62. The Hall–Kier alpha value is -1.71. The van der Waals surface area contributed by atoms with Crippen molar-refractivity contribution in [1.29, 1.82) is 0 Å². The smallest absolute Gasteiger partial charge is 0.303 e. The van der Waals surface area contributed by atoms with Gasteiger partial charge < -0.3 is 29.2 Å². The minimum absolute atomic E-state index is 0.598. The molecule has 0 saturated carbocycles. The molecule has 9 nitrogen and oxygen atoms in total. The Bertz CT molecular complexity index is 408. The molecule has 2 N–H and O–H groups in total. The number of rotatable bonds is 4. The summed E-state index contributed by atoms with van der Waals surface area (Å²) in [5.41, 5.74) is 0. The van der Waals surface area contributed by atoms with E-state index in [2.05, 4.69) is 0 Å². The van der Waals surface area contributed by atoms with Gasteiger partial charge in [-0.1, -0.05) is 0 Å². The second-order valence-corrected chi connectivity index (χ2v) is 4.47. The number of hydrogen-bond donors (Lipinski definition) is 2. The average Bonchev–Trinajstić information content (AvgIpc) is 2.35. The number of aliphatic hydroxyl groups excluding tert-OH is 2. The van der Waals surface area contributed by atoms with Crippen LogP contribution in [0.15, 0.2) is 0 Å². The number of hydrogen-bond acceptors (Lipinski definition) is 9. The van der Waals surface area contributed by atoms with E-state index in [1.165, 1.54) is 0 Å². The predicted molar refractivity (Wildman–Crippen MR) is 64.6 cm³/mol. The molecule has 0 spiro atoms. The van der Waals surface area contributed by atoms with Gasteiger partial charge in [-0.05, 0) is 0 Å². The van der Waals surface area contributed by atoms with Crippen molar-refractivity contribution in [2.45, 2.75) is 51.5 Å². The van der Waals surface area contributed by atoms with Crippen LogP contribution in [0.5, 0.6) is 0 Å². The quantitative estimate of drug-likeness (QED) is 0.470. The van der Waals surface area contributed by atoms with Crippen LogP contribution in [0.1, 0.15) is 20.8 Å². The van der Waals surface area contributed by atoms with Crippen molar-refractivity contribution in [2.24, 2.45) is 0 Å². The topological polar surface area (TPSA) is 129 Å². The van der Waals surface area contributed by atoms with Crippen LogP contribution in [-0.2, 0) is 33.3 Å². The lowest BCUT2D eigenvalue weighted by atomic mass is 9.98. The summed E-state index contributed by atoms with van der Waals surface area (Å²) >= 11 is 0. The van der Waals surface area contributed by atoms with Gasteiger partial charge >= 0.3 is 17.9 Å². The zero-order chi connectivity index (χ0) is 16.2. The van der Waals surface area contributed by atoms with Gasteiger partial charge in [-0.2, -0.15) is 0 Å². The third-order valence-corrected chi connectivity index (χ3v) is 2.70. The summed E-state index contributed by atoms with van der Waals surface area (Å²) in [7, 11) is 0. The van der Waals surface area contributed by atoms with Crippen LogP contribution >= 0.6 is 0 Å².